The first kappa shape index (κ1) is 12.5. The van der Waals surface area contributed by atoms with Crippen molar-refractivity contribution in [1.29, 1.82) is 0 Å². The molecular formula is C11H23N3O. The lowest BCUT2D eigenvalue weighted by atomic mass is 9.80. The lowest BCUT2D eigenvalue weighted by Crippen LogP contribution is -2.45. The van der Waals surface area contributed by atoms with E-state index >= 15 is 0 Å². The van der Waals surface area contributed by atoms with Gasteiger partial charge in [0.25, 0.3) is 0 Å². The van der Waals surface area contributed by atoms with Crippen LogP contribution in [0.25, 0.3) is 0 Å². The number of amides is 1. The molecule has 1 rings (SSSR count). The first-order valence-electron chi connectivity index (χ1n) is 5.87. The second kappa shape index (κ2) is 6.08. The maximum Gasteiger partial charge on any atom is 0.235 e. The SMILES string of the molecule is CC1CCCCC1CNCC(N)C(N)=O. The molecule has 0 bridgehead atoms. The van der Waals surface area contributed by atoms with Crippen molar-refractivity contribution >= 4 is 5.91 Å². The molecule has 0 radical (unpaired) electrons. The maximum absolute atomic E-state index is 10.7. The standard InChI is InChI=1S/C11H23N3O/c1-8-4-2-3-5-9(8)6-14-7-10(12)11(13)15/h8-10,14H,2-7,12H2,1H3,(H2,13,15). The normalized spacial score (nSPS) is 28.7. The first-order chi connectivity index (χ1) is 7.11. The molecule has 15 heavy (non-hydrogen) atoms. The molecule has 1 aliphatic rings. The van der Waals surface area contributed by atoms with Crippen LogP contribution in [0.4, 0.5) is 0 Å². The second-order valence-electron chi connectivity index (χ2n) is 4.69. The summed E-state index contributed by atoms with van der Waals surface area (Å²) in [5.41, 5.74) is 10.6. The maximum atomic E-state index is 10.7. The Hall–Kier alpha value is -0.610. The molecule has 3 unspecified atom stereocenters. The van der Waals surface area contributed by atoms with Crippen LogP contribution in [0.15, 0.2) is 0 Å². The largest absolute Gasteiger partial charge is 0.368 e. The zero-order valence-corrected chi connectivity index (χ0v) is 9.54. The van der Waals surface area contributed by atoms with Crippen LogP contribution in [0.3, 0.4) is 0 Å². The Labute approximate surface area is 91.8 Å². The third-order valence-corrected chi connectivity index (χ3v) is 3.43. The summed E-state index contributed by atoms with van der Waals surface area (Å²) in [6.45, 7) is 3.76. The Morgan fingerprint density at radius 2 is 2.13 bits per heavy atom. The highest BCUT2D eigenvalue weighted by atomic mass is 16.1. The number of hydrogen-bond donors (Lipinski definition) is 3. The van der Waals surface area contributed by atoms with Gasteiger partial charge in [-0.2, -0.15) is 0 Å². The van der Waals surface area contributed by atoms with Gasteiger partial charge in [0, 0.05) is 6.54 Å². The lowest BCUT2D eigenvalue weighted by Gasteiger charge is -2.29. The first-order valence-corrected chi connectivity index (χ1v) is 5.87. The van der Waals surface area contributed by atoms with Crippen LogP contribution < -0.4 is 16.8 Å². The molecule has 4 heteroatoms. The molecule has 0 aromatic rings. The Morgan fingerprint density at radius 1 is 1.47 bits per heavy atom. The van der Waals surface area contributed by atoms with Crippen LogP contribution in [0.5, 0.6) is 0 Å². The van der Waals surface area contributed by atoms with E-state index in [2.05, 4.69) is 12.2 Å². The third-order valence-electron chi connectivity index (χ3n) is 3.43. The van der Waals surface area contributed by atoms with Crippen molar-refractivity contribution in [1.82, 2.24) is 5.32 Å². The highest BCUT2D eigenvalue weighted by Gasteiger charge is 2.21. The summed E-state index contributed by atoms with van der Waals surface area (Å²) < 4.78 is 0. The van der Waals surface area contributed by atoms with Crippen LogP contribution in [-0.4, -0.2) is 25.0 Å². The minimum atomic E-state index is -0.552. The van der Waals surface area contributed by atoms with Crippen molar-refractivity contribution in [2.75, 3.05) is 13.1 Å². The Morgan fingerprint density at radius 3 is 2.73 bits per heavy atom. The van der Waals surface area contributed by atoms with Crippen molar-refractivity contribution in [3.63, 3.8) is 0 Å². The van der Waals surface area contributed by atoms with Gasteiger partial charge in [-0.15, -0.1) is 0 Å². The number of carbonyl (C=O) groups excluding carboxylic acids is 1. The van der Waals surface area contributed by atoms with Gasteiger partial charge in [0.1, 0.15) is 0 Å². The number of nitrogens with one attached hydrogen (secondary N) is 1. The summed E-state index contributed by atoms with van der Waals surface area (Å²) in [7, 11) is 0. The van der Waals surface area contributed by atoms with Gasteiger partial charge in [-0.05, 0) is 24.8 Å². The van der Waals surface area contributed by atoms with Gasteiger partial charge in [0.2, 0.25) is 5.91 Å². The van der Waals surface area contributed by atoms with E-state index in [0.717, 1.165) is 18.4 Å². The van der Waals surface area contributed by atoms with Crippen molar-refractivity contribution in [3.05, 3.63) is 0 Å². The van der Waals surface area contributed by atoms with E-state index in [4.69, 9.17) is 11.5 Å². The minimum Gasteiger partial charge on any atom is -0.368 e. The summed E-state index contributed by atoms with van der Waals surface area (Å²) in [4.78, 5) is 10.7. The Kier molecular flexibility index (Phi) is 5.05. The van der Waals surface area contributed by atoms with Crippen molar-refractivity contribution in [2.24, 2.45) is 23.3 Å². The molecular weight excluding hydrogens is 190 g/mol. The van der Waals surface area contributed by atoms with Gasteiger partial charge in [-0.3, -0.25) is 4.79 Å². The van der Waals surface area contributed by atoms with Crippen LogP contribution in [0.1, 0.15) is 32.6 Å². The van der Waals surface area contributed by atoms with Crippen molar-refractivity contribution < 1.29 is 4.79 Å². The number of rotatable bonds is 5. The van der Waals surface area contributed by atoms with E-state index in [1.54, 1.807) is 0 Å². The zero-order chi connectivity index (χ0) is 11.3. The number of primary amides is 1. The quantitative estimate of drug-likeness (QED) is 0.611. The van der Waals surface area contributed by atoms with Crippen LogP contribution in [0, 0.1) is 11.8 Å². The molecule has 4 nitrogen and oxygen atoms in total. The third kappa shape index (κ3) is 4.18. The van der Waals surface area contributed by atoms with Gasteiger partial charge in [-0.1, -0.05) is 26.2 Å². The van der Waals surface area contributed by atoms with Crippen LogP contribution in [0.2, 0.25) is 0 Å². The molecule has 0 aromatic carbocycles. The molecule has 0 aliphatic heterocycles. The fourth-order valence-corrected chi connectivity index (χ4v) is 2.22. The number of hydrogen-bond acceptors (Lipinski definition) is 3. The molecule has 0 heterocycles. The highest BCUT2D eigenvalue weighted by Crippen LogP contribution is 2.28. The highest BCUT2D eigenvalue weighted by molar-refractivity contribution is 5.79. The average molecular weight is 213 g/mol. The average Bonchev–Trinajstić information content (AvgIpc) is 2.20. The molecule has 1 amide bonds. The monoisotopic (exact) mass is 213 g/mol. The number of nitrogens with two attached hydrogens (primary N) is 2. The van der Waals surface area contributed by atoms with Gasteiger partial charge in [0.05, 0.1) is 6.04 Å². The summed E-state index contributed by atoms with van der Waals surface area (Å²) in [6, 6.07) is -0.552. The smallest absolute Gasteiger partial charge is 0.235 e. The predicted octanol–water partition coefficient (Wildman–Crippen LogP) is 0.215. The van der Waals surface area contributed by atoms with Crippen LogP contribution in [-0.2, 0) is 4.79 Å². The molecule has 1 aliphatic carbocycles. The van der Waals surface area contributed by atoms with E-state index in [1.165, 1.54) is 25.7 Å². The molecule has 88 valence electrons. The summed E-state index contributed by atoms with van der Waals surface area (Å²) in [5.74, 6) is 1.09. The molecule has 0 spiro atoms. The zero-order valence-electron chi connectivity index (χ0n) is 9.54. The van der Waals surface area contributed by atoms with E-state index < -0.39 is 11.9 Å². The van der Waals surface area contributed by atoms with E-state index in [1.807, 2.05) is 0 Å². The molecule has 1 saturated carbocycles. The van der Waals surface area contributed by atoms with Gasteiger partial charge >= 0.3 is 0 Å². The van der Waals surface area contributed by atoms with Crippen LogP contribution >= 0.6 is 0 Å². The molecule has 0 saturated heterocycles. The van der Waals surface area contributed by atoms with E-state index in [9.17, 15) is 4.79 Å². The molecule has 1 fully saturated rings. The second-order valence-corrected chi connectivity index (χ2v) is 4.69. The topological polar surface area (TPSA) is 81.1 Å². The summed E-state index contributed by atoms with van der Waals surface area (Å²) >= 11 is 0. The van der Waals surface area contributed by atoms with Crippen molar-refractivity contribution in [2.45, 2.75) is 38.6 Å². The van der Waals surface area contributed by atoms with Gasteiger partial charge < -0.3 is 16.8 Å². The Balaban J connectivity index is 2.16. The molecule has 5 N–H and O–H groups in total. The van der Waals surface area contributed by atoms with Gasteiger partial charge in [-0.25, -0.2) is 0 Å². The van der Waals surface area contributed by atoms with E-state index in [0.29, 0.717) is 6.54 Å². The number of carbonyl (C=O) groups is 1. The van der Waals surface area contributed by atoms with Gasteiger partial charge in [0.15, 0.2) is 0 Å². The van der Waals surface area contributed by atoms with Crippen molar-refractivity contribution in [3.8, 4) is 0 Å². The molecule has 3 atom stereocenters. The fraction of sp³-hybridized carbons (Fsp3) is 0.909. The molecule has 0 aromatic heterocycles. The fourth-order valence-electron chi connectivity index (χ4n) is 2.22. The summed E-state index contributed by atoms with van der Waals surface area (Å²) in [5, 5.41) is 3.24. The van der Waals surface area contributed by atoms with E-state index in [-0.39, 0.29) is 0 Å². The minimum absolute atomic E-state index is 0.431. The Bertz CT molecular complexity index is 208. The predicted molar refractivity (Wildman–Crippen MR) is 61.2 cm³/mol. The summed E-state index contributed by atoms with van der Waals surface area (Å²) in [6.07, 6.45) is 5.31. The lowest BCUT2D eigenvalue weighted by molar-refractivity contribution is -0.119.